The topological polar surface area (TPSA) is 143 Å². The summed E-state index contributed by atoms with van der Waals surface area (Å²) in [7, 11) is 0. The number of carbonyl (C=O) groups excluding carboxylic acids is 1. The molecular weight excluding hydrogens is 578 g/mol. The Bertz CT molecular complexity index is 1840. The van der Waals surface area contributed by atoms with Crippen LogP contribution in [0.3, 0.4) is 0 Å². The number of aliphatic imine (C=N–C) groups is 1. The Hall–Kier alpha value is -4.80. The number of rotatable bonds is 10. The van der Waals surface area contributed by atoms with Crippen LogP contribution >= 0.6 is 0 Å². The molecule has 45 heavy (non-hydrogen) atoms. The van der Waals surface area contributed by atoms with Crippen LogP contribution < -0.4 is 20.7 Å². The van der Waals surface area contributed by atoms with Gasteiger partial charge in [-0.15, -0.1) is 0 Å². The van der Waals surface area contributed by atoms with E-state index in [1.165, 1.54) is 37.8 Å². The van der Waals surface area contributed by atoms with Gasteiger partial charge >= 0.3 is 17.3 Å². The van der Waals surface area contributed by atoms with Gasteiger partial charge in [-0.1, -0.05) is 44.2 Å². The third-order valence-corrected chi connectivity index (χ3v) is 7.78. The second-order valence-electron chi connectivity index (χ2n) is 11.4. The number of carbonyl (C=O) groups is 1. The summed E-state index contributed by atoms with van der Waals surface area (Å²) in [6.07, 6.45) is 6.06. The van der Waals surface area contributed by atoms with Gasteiger partial charge in [-0.25, -0.2) is 9.59 Å². The highest BCUT2D eigenvalue weighted by molar-refractivity contribution is 6.06. The minimum absolute atomic E-state index is 0.0364. The van der Waals surface area contributed by atoms with Gasteiger partial charge in [0.25, 0.3) is 5.91 Å². The van der Waals surface area contributed by atoms with Crippen molar-refractivity contribution in [3.05, 3.63) is 91.3 Å². The SMILES string of the molecule is CCc1cc(=O)oc2c1C(OCC1CC1)=NC(=O)C2.CCc1cc(=O)oc2nc(OCc3ccccc3)nc(OCC3CC3)c12. The summed E-state index contributed by atoms with van der Waals surface area (Å²) in [5.41, 5.74) is 2.69. The normalized spacial score (nSPS) is 15.5. The van der Waals surface area contributed by atoms with Crippen molar-refractivity contribution in [3.8, 4) is 11.9 Å². The predicted octanol–water partition coefficient (Wildman–Crippen LogP) is 4.97. The molecule has 3 aliphatic rings. The summed E-state index contributed by atoms with van der Waals surface area (Å²) >= 11 is 0. The standard InChI is InChI=1S/C20H20N2O4.C14H15NO4/c1-2-15-10-16(23)26-19-17(15)18(24-11-14-8-9-14)21-20(22-19)25-12-13-6-4-3-5-7-13;1-2-9-5-12(17)19-10-6-11(16)15-14(13(9)10)18-7-8-3-4-8/h3-7,10,14H,2,8-9,11-12H2,1H3;5,8H,2-4,6-7H2,1H3. The highest BCUT2D eigenvalue weighted by atomic mass is 16.5. The van der Waals surface area contributed by atoms with Crippen LogP contribution in [0.15, 0.2) is 65.9 Å². The average Bonchev–Trinajstić information content (AvgIpc) is 3.97. The molecule has 4 heterocycles. The van der Waals surface area contributed by atoms with Gasteiger partial charge in [0, 0.05) is 12.1 Å². The Labute approximate surface area is 259 Å². The molecule has 3 aromatic heterocycles. The monoisotopic (exact) mass is 613 g/mol. The van der Waals surface area contributed by atoms with Crippen molar-refractivity contribution in [3.63, 3.8) is 0 Å². The van der Waals surface area contributed by atoms with Crippen molar-refractivity contribution in [1.82, 2.24) is 9.97 Å². The summed E-state index contributed by atoms with van der Waals surface area (Å²) in [5.74, 6) is 1.95. The molecule has 234 valence electrons. The number of ether oxygens (including phenoxy) is 3. The lowest BCUT2D eigenvalue weighted by Crippen LogP contribution is -2.24. The fraction of sp³-hybridized carbons (Fsp3) is 0.412. The number of aryl methyl sites for hydroxylation is 2. The number of fused-ring (bicyclic) bond motifs is 2. The minimum Gasteiger partial charge on any atom is -0.477 e. The molecule has 0 N–H and O–H groups in total. The number of aromatic nitrogens is 2. The van der Waals surface area contributed by atoms with Crippen LogP contribution in [0.5, 0.6) is 11.9 Å². The molecule has 0 saturated heterocycles. The summed E-state index contributed by atoms with van der Waals surface area (Å²) in [6.45, 7) is 5.43. The van der Waals surface area contributed by atoms with Crippen molar-refractivity contribution < 1.29 is 27.8 Å². The van der Waals surface area contributed by atoms with Gasteiger partial charge in [-0.05, 0) is 67.1 Å². The van der Waals surface area contributed by atoms with Gasteiger partial charge in [-0.3, -0.25) is 4.79 Å². The Morgan fingerprint density at radius 2 is 1.47 bits per heavy atom. The molecule has 2 saturated carbocycles. The van der Waals surface area contributed by atoms with Gasteiger partial charge in [0.1, 0.15) is 17.8 Å². The van der Waals surface area contributed by atoms with Gasteiger partial charge in [0.05, 0.1) is 25.2 Å². The molecule has 7 rings (SSSR count). The van der Waals surface area contributed by atoms with E-state index in [0.29, 0.717) is 73.0 Å². The maximum Gasteiger partial charge on any atom is 0.337 e. The van der Waals surface area contributed by atoms with E-state index in [1.807, 2.05) is 44.2 Å². The molecule has 0 bridgehead atoms. The summed E-state index contributed by atoms with van der Waals surface area (Å²) < 4.78 is 27.7. The van der Waals surface area contributed by atoms with E-state index < -0.39 is 11.3 Å². The first-order valence-electron chi connectivity index (χ1n) is 15.4. The van der Waals surface area contributed by atoms with Crippen molar-refractivity contribution >= 4 is 22.9 Å². The first-order chi connectivity index (χ1) is 21.9. The molecule has 0 radical (unpaired) electrons. The summed E-state index contributed by atoms with van der Waals surface area (Å²) in [6, 6.07) is 12.8. The van der Waals surface area contributed by atoms with Gasteiger partial charge < -0.3 is 23.0 Å². The van der Waals surface area contributed by atoms with Crippen LogP contribution in [-0.2, 0) is 35.4 Å². The van der Waals surface area contributed by atoms with E-state index in [2.05, 4.69) is 15.0 Å². The smallest absolute Gasteiger partial charge is 0.337 e. The second kappa shape index (κ2) is 13.5. The number of benzene rings is 1. The molecular formula is C34H35N3O8. The Kier molecular flexibility index (Phi) is 9.04. The Balaban J connectivity index is 0.000000167. The van der Waals surface area contributed by atoms with E-state index >= 15 is 0 Å². The van der Waals surface area contributed by atoms with Crippen molar-refractivity contribution in [2.75, 3.05) is 13.2 Å². The van der Waals surface area contributed by atoms with Crippen LogP contribution in [0, 0.1) is 11.8 Å². The van der Waals surface area contributed by atoms with Crippen molar-refractivity contribution in [2.45, 2.75) is 65.4 Å². The maximum atomic E-state index is 11.8. The summed E-state index contributed by atoms with van der Waals surface area (Å²) in [4.78, 5) is 47.5. The zero-order valence-corrected chi connectivity index (χ0v) is 25.4. The number of hydrogen-bond acceptors (Lipinski definition) is 10. The van der Waals surface area contributed by atoms with E-state index in [1.54, 1.807) is 0 Å². The van der Waals surface area contributed by atoms with Gasteiger partial charge in [0.15, 0.2) is 0 Å². The third kappa shape index (κ3) is 7.65. The lowest BCUT2D eigenvalue weighted by Gasteiger charge is -2.17. The molecule has 0 spiro atoms. The molecule has 11 nitrogen and oxygen atoms in total. The van der Waals surface area contributed by atoms with Crippen molar-refractivity contribution in [2.24, 2.45) is 16.8 Å². The quantitative estimate of drug-likeness (QED) is 0.240. The molecule has 1 aliphatic heterocycles. The largest absolute Gasteiger partial charge is 0.477 e. The van der Waals surface area contributed by atoms with Crippen LogP contribution in [0.4, 0.5) is 0 Å². The molecule has 0 atom stereocenters. The molecule has 2 aliphatic carbocycles. The first-order valence-corrected chi connectivity index (χ1v) is 15.4. The van der Waals surface area contributed by atoms with E-state index in [0.717, 1.165) is 16.7 Å². The second-order valence-corrected chi connectivity index (χ2v) is 11.4. The van der Waals surface area contributed by atoms with Crippen LogP contribution in [0.2, 0.25) is 0 Å². The van der Waals surface area contributed by atoms with Crippen LogP contribution in [0.25, 0.3) is 11.1 Å². The van der Waals surface area contributed by atoms with E-state index in [9.17, 15) is 14.4 Å². The maximum absolute atomic E-state index is 11.8. The van der Waals surface area contributed by atoms with E-state index in [-0.39, 0.29) is 24.1 Å². The third-order valence-electron chi connectivity index (χ3n) is 7.78. The molecule has 0 unspecified atom stereocenters. The molecule has 4 aromatic rings. The fourth-order valence-corrected chi connectivity index (χ4v) is 4.93. The zero-order valence-electron chi connectivity index (χ0n) is 25.4. The minimum atomic E-state index is -0.435. The lowest BCUT2D eigenvalue weighted by molar-refractivity contribution is -0.117. The van der Waals surface area contributed by atoms with Crippen molar-refractivity contribution in [1.29, 1.82) is 0 Å². The number of amides is 1. The molecule has 2 fully saturated rings. The Morgan fingerprint density at radius 3 is 2.16 bits per heavy atom. The van der Waals surface area contributed by atoms with Crippen LogP contribution in [0.1, 0.15) is 67.5 Å². The highest BCUT2D eigenvalue weighted by Crippen LogP contribution is 2.33. The number of hydrogen-bond donors (Lipinski definition) is 0. The average molecular weight is 614 g/mol. The van der Waals surface area contributed by atoms with Crippen LogP contribution in [-0.4, -0.2) is 35.0 Å². The first kappa shape index (κ1) is 30.2. The zero-order chi connectivity index (χ0) is 31.3. The highest BCUT2D eigenvalue weighted by Gasteiger charge is 2.29. The van der Waals surface area contributed by atoms with Gasteiger partial charge in [0.2, 0.25) is 17.5 Å². The molecule has 11 heteroatoms. The predicted molar refractivity (Wildman–Crippen MR) is 165 cm³/mol. The lowest BCUT2D eigenvalue weighted by atomic mass is 10.0. The molecule has 1 amide bonds. The summed E-state index contributed by atoms with van der Waals surface area (Å²) in [5, 5.41) is 0.653. The Morgan fingerprint density at radius 1 is 0.800 bits per heavy atom. The number of nitrogens with zero attached hydrogens (tertiary/aromatic N) is 3. The van der Waals surface area contributed by atoms with E-state index in [4.69, 9.17) is 23.0 Å². The fourth-order valence-electron chi connectivity index (χ4n) is 4.93. The molecule has 1 aromatic carbocycles. The van der Waals surface area contributed by atoms with Gasteiger partial charge in [-0.2, -0.15) is 15.0 Å².